The summed E-state index contributed by atoms with van der Waals surface area (Å²) in [5, 5.41) is 21.6. The first-order chi connectivity index (χ1) is 8.86. The minimum Gasteiger partial charge on any atom is -0.396 e. The number of unbranched alkanes of at least 4 members (excludes halogenated alkanes) is 1. The number of anilines is 1. The number of nitrogens with zero attached hydrogens (tertiary/aromatic N) is 1. The highest BCUT2D eigenvalue weighted by Gasteiger charge is 2.35. The van der Waals surface area contributed by atoms with Gasteiger partial charge in [-0.1, -0.05) is 0 Å². The molecule has 1 aromatic carbocycles. The maximum atomic E-state index is 12.8. The van der Waals surface area contributed by atoms with Crippen LogP contribution in [0.15, 0.2) is 18.2 Å². The van der Waals surface area contributed by atoms with Crippen molar-refractivity contribution in [3.8, 4) is 0 Å². The lowest BCUT2D eigenvalue weighted by Crippen LogP contribution is -2.12. The van der Waals surface area contributed by atoms with Crippen LogP contribution in [-0.4, -0.2) is 23.2 Å². The van der Waals surface area contributed by atoms with E-state index in [2.05, 4.69) is 5.32 Å². The van der Waals surface area contributed by atoms with Crippen LogP contribution in [0.25, 0.3) is 0 Å². The standard InChI is InChI=1S/C11H13F3N2O3/c12-11(13,14)9-7-8(16(18)19)3-4-10(9)15-5-1-2-6-17/h3-4,7,15,17H,1-2,5-6H2. The number of nitro benzene ring substituents is 1. The summed E-state index contributed by atoms with van der Waals surface area (Å²) in [6.45, 7) is 0.218. The highest BCUT2D eigenvalue weighted by atomic mass is 19.4. The second-order valence-corrected chi connectivity index (χ2v) is 3.84. The van der Waals surface area contributed by atoms with Crippen molar-refractivity contribution < 1.29 is 23.2 Å². The molecule has 0 radical (unpaired) electrons. The Morgan fingerprint density at radius 3 is 2.53 bits per heavy atom. The van der Waals surface area contributed by atoms with Gasteiger partial charge in [-0.25, -0.2) is 0 Å². The number of nitro groups is 1. The number of nitrogens with one attached hydrogen (secondary N) is 1. The molecule has 19 heavy (non-hydrogen) atoms. The van der Waals surface area contributed by atoms with Gasteiger partial charge in [0.25, 0.3) is 5.69 Å². The molecule has 0 saturated carbocycles. The van der Waals surface area contributed by atoms with Crippen LogP contribution in [-0.2, 0) is 6.18 Å². The molecule has 5 nitrogen and oxygen atoms in total. The number of hydrogen-bond acceptors (Lipinski definition) is 4. The average Bonchev–Trinajstić information content (AvgIpc) is 2.33. The van der Waals surface area contributed by atoms with E-state index in [0.29, 0.717) is 18.9 Å². The fourth-order valence-corrected chi connectivity index (χ4v) is 1.49. The molecule has 0 bridgehead atoms. The molecule has 2 N–H and O–H groups in total. The zero-order chi connectivity index (χ0) is 14.5. The molecule has 0 unspecified atom stereocenters. The second-order valence-electron chi connectivity index (χ2n) is 3.84. The van der Waals surface area contributed by atoms with Crippen LogP contribution >= 0.6 is 0 Å². The van der Waals surface area contributed by atoms with Crippen molar-refractivity contribution in [2.45, 2.75) is 19.0 Å². The van der Waals surface area contributed by atoms with Gasteiger partial charge in [-0.2, -0.15) is 13.2 Å². The SMILES string of the molecule is O=[N+]([O-])c1ccc(NCCCCO)c(C(F)(F)F)c1. The summed E-state index contributed by atoms with van der Waals surface area (Å²) in [6, 6.07) is 2.57. The number of benzene rings is 1. The van der Waals surface area contributed by atoms with Crippen molar-refractivity contribution in [1.29, 1.82) is 0 Å². The van der Waals surface area contributed by atoms with Gasteiger partial charge < -0.3 is 10.4 Å². The van der Waals surface area contributed by atoms with Gasteiger partial charge in [0.2, 0.25) is 0 Å². The van der Waals surface area contributed by atoms with Gasteiger partial charge in [-0.15, -0.1) is 0 Å². The topological polar surface area (TPSA) is 75.4 Å². The lowest BCUT2D eigenvalue weighted by Gasteiger charge is -2.14. The molecular weight excluding hydrogens is 265 g/mol. The third-order valence-electron chi connectivity index (χ3n) is 2.42. The molecule has 0 aliphatic carbocycles. The van der Waals surface area contributed by atoms with E-state index in [1.54, 1.807) is 0 Å². The fraction of sp³-hybridized carbons (Fsp3) is 0.455. The summed E-state index contributed by atoms with van der Waals surface area (Å²) in [5.41, 5.74) is -1.87. The minimum absolute atomic E-state index is 0.0337. The predicted octanol–water partition coefficient (Wildman–Crippen LogP) is 2.80. The number of aliphatic hydroxyl groups is 1. The van der Waals surface area contributed by atoms with Crippen LogP contribution in [0.3, 0.4) is 0 Å². The highest BCUT2D eigenvalue weighted by Crippen LogP contribution is 2.37. The molecule has 0 amide bonds. The maximum Gasteiger partial charge on any atom is 0.418 e. The zero-order valence-corrected chi connectivity index (χ0v) is 9.91. The molecule has 106 valence electrons. The van der Waals surface area contributed by atoms with E-state index < -0.39 is 22.4 Å². The Kier molecular flexibility index (Phi) is 5.11. The molecule has 0 aliphatic heterocycles. The van der Waals surface area contributed by atoms with E-state index in [9.17, 15) is 23.3 Å². The Morgan fingerprint density at radius 2 is 2.00 bits per heavy atom. The largest absolute Gasteiger partial charge is 0.418 e. The van der Waals surface area contributed by atoms with Crippen LogP contribution in [0.1, 0.15) is 18.4 Å². The number of rotatable bonds is 6. The predicted molar refractivity (Wildman–Crippen MR) is 62.9 cm³/mol. The molecule has 0 fully saturated rings. The number of aliphatic hydroxyl groups excluding tert-OH is 1. The lowest BCUT2D eigenvalue weighted by molar-refractivity contribution is -0.385. The Bertz CT molecular complexity index is 449. The van der Waals surface area contributed by atoms with Crippen LogP contribution in [0.5, 0.6) is 0 Å². The number of alkyl halides is 3. The first-order valence-corrected chi connectivity index (χ1v) is 5.56. The van der Waals surface area contributed by atoms with Crippen molar-refractivity contribution in [2.24, 2.45) is 0 Å². The van der Waals surface area contributed by atoms with Crippen molar-refractivity contribution in [2.75, 3.05) is 18.5 Å². The van der Waals surface area contributed by atoms with Crippen LogP contribution < -0.4 is 5.32 Å². The maximum absolute atomic E-state index is 12.8. The smallest absolute Gasteiger partial charge is 0.396 e. The molecular formula is C11H13F3N2O3. The van der Waals surface area contributed by atoms with Gasteiger partial charge in [-0.05, 0) is 18.9 Å². The average molecular weight is 278 g/mol. The first kappa shape index (κ1) is 15.2. The summed E-state index contributed by atoms with van der Waals surface area (Å²) < 4.78 is 38.3. The number of non-ortho nitro benzene ring substituents is 1. The minimum atomic E-state index is -4.66. The summed E-state index contributed by atoms with van der Waals surface area (Å²) in [6.07, 6.45) is -3.68. The summed E-state index contributed by atoms with van der Waals surface area (Å²) in [4.78, 5) is 9.61. The normalized spacial score (nSPS) is 11.4. The van der Waals surface area contributed by atoms with Crippen molar-refractivity contribution >= 4 is 11.4 Å². The first-order valence-electron chi connectivity index (χ1n) is 5.56. The Hall–Kier alpha value is -1.83. The van der Waals surface area contributed by atoms with Gasteiger partial charge >= 0.3 is 6.18 Å². The van der Waals surface area contributed by atoms with E-state index in [-0.39, 0.29) is 18.8 Å². The van der Waals surface area contributed by atoms with E-state index in [0.717, 1.165) is 12.1 Å². The molecule has 0 heterocycles. The number of hydrogen-bond donors (Lipinski definition) is 2. The molecule has 1 aromatic rings. The van der Waals surface area contributed by atoms with Crippen LogP contribution in [0, 0.1) is 10.1 Å². The van der Waals surface area contributed by atoms with E-state index in [4.69, 9.17) is 5.11 Å². The third kappa shape index (κ3) is 4.40. The lowest BCUT2D eigenvalue weighted by atomic mass is 10.1. The number of halogens is 3. The molecule has 0 spiro atoms. The van der Waals surface area contributed by atoms with Crippen molar-refractivity contribution in [3.05, 3.63) is 33.9 Å². The van der Waals surface area contributed by atoms with Crippen LogP contribution in [0.2, 0.25) is 0 Å². The summed E-state index contributed by atoms with van der Waals surface area (Å²) in [7, 11) is 0. The van der Waals surface area contributed by atoms with Gasteiger partial charge in [0.05, 0.1) is 10.5 Å². The second kappa shape index (κ2) is 6.37. The van der Waals surface area contributed by atoms with Crippen LogP contribution in [0.4, 0.5) is 24.5 Å². The Balaban J connectivity index is 2.93. The van der Waals surface area contributed by atoms with Crippen molar-refractivity contribution in [1.82, 2.24) is 0 Å². The molecule has 0 saturated heterocycles. The van der Waals surface area contributed by atoms with E-state index in [1.165, 1.54) is 0 Å². The molecule has 0 aromatic heterocycles. The fourth-order valence-electron chi connectivity index (χ4n) is 1.49. The Morgan fingerprint density at radius 1 is 1.32 bits per heavy atom. The van der Waals surface area contributed by atoms with E-state index in [1.807, 2.05) is 0 Å². The summed E-state index contributed by atoms with van der Waals surface area (Å²) >= 11 is 0. The third-order valence-corrected chi connectivity index (χ3v) is 2.42. The van der Waals surface area contributed by atoms with Gasteiger partial charge in [-0.3, -0.25) is 10.1 Å². The molecule has 0 aliphatic rings. The van der Waals surface area contributed by atoms with Gasteiger partial charge in [0.1, 0.15) is 0 Å². The molecule has 0 atom stereocenters. The zero-order valence-electron chi connectivity index (χ0n) is 9.91. The highest BCUT2D eigenvalue weighted by molar-refractivity contribution is 5.57. The van der Waals surface area contributed by atoms with Gasteiger partial charge in [0, 0.05) is 31.0 Å². The summed E-state index contributed by atoms with van der Waals surface area (Å²) in [5.74, 6) is 0. The van der Waals surface area contributed by atoms with E-state index >= 15 is 0 Å². The molecule has 8 heteroatoms. The van der Waals surface area contributed by atoms with Crippen molar-refractivity contribution in [3.63, 3.8) is 0 Å². The molecule has 1 rings (SSSR count). The monoisotopic (exact) mass is 278 g/mol. The Labute approximate surface area is 107 Å². The quantitative estimate of drug-likeness (QED) is 0.476. The van der Waals surface area contributed by atoms with Gasteiger partial charge in [0.15, 0.2) is 0 Å².